The molecule has 1 aromatic heterocycles. The maximum absolute atomic E-state index is 11.8. The Balaban J connectivity index is 2.06. The van der Waals surface area contributed by atoms with E-state index in [1.165, 1.54) is 22.8 Å². The van der Waals surface area contributed by atoms with E-state index in [1.54, 1.807) is 6.26 Å². The molecule has 1 aliphatic rings. The highest BCUT2D eigenvalue weighted by Crippen LogP contribution is 2.29. The van der Waals surface area contributed by atoms with Crippen LogP contribution in [0.2, 0.25) is 0 Å². The number of furan rings is 1. The lowest BCUT2D eigenvalue weighted by Crippen LogP contribution is -2.05. The average Bonchev–Trinajstić information content (AvgIpc) is 2.88. The molecule has 1 aromatic rings. The normalized spacial score (nSPS) is 15.3. The van der Waals surface area contributed by atoms with Crippen molar-refractivity contribution < 1.29 is 13.9 Å². The zero-order chi connectivity index (χ0) is 17.7. The number of hydrogen-bond donors (Lipinski definition) is 0. The first-order valence-corrected chi connectivity index (χ1v) is 8.65. The van der Waals surface area contributed by atoms with E-state index in [1.807, 2.05) is 26.8 Å². The van der Waals surface area contributed by atoms with E-state index in [0.717, 1.165) is 36.1 Å². The van der Waals surface area contributed by atoms with Crippen LogP contribution in [0, 0.1) is 12.8 Å². The number of esters is 1. The van der Waals surface area contributed by atoms with E-state index in [2.05, 4.69) is 19.9 Å². The minimum atomic E-state index is -0.306. The van der Waals surface area contributed by atoms with Crippen molar-refractivity contribution in [2.75, 3.05) is 0 Å². The molecule has 0 unspecified atom stereocenters. The molecule has 0 saturated carbocycles. The lowest BCUT2D eigenvalue weighted by atomic mass is 9.90. The molecular weight excluding hydrogens is 300 g/mol. The summed E-state index contributed by atoms with van der Waals surface area (Å²) in [6.45, 7) is 10.7. The number of aryl methyl sites for hydroxylation is 1. The summed E-state index contributed by atoms with van der Waals surface area (Å²) in [5.74, 6) is 0.924. The molecule has 0 spiro atoms. The van der Waals surface area contributed by atoms with Crippen molar-refractivity contribution in [3.05, 3.63) is 58.1 Å². The summed E-state index contributed by atoms with van der Waals surface area (Å²) in [5.41, 5.74) is 6.14. The molecule has 24 heavy (non-hydrogen) atoms. The second-order valence-electron chi connectivity index (χ2n) is 6.88. The fraction of sp³-hybridized carbons (Fsp3) is 0.476. The molecule has 0 saturated heterocycles. The minimum absolute atomic E-state index is 0.258. The fourth-order valence-corrected chi connectivity index (χ4v) is 2.78. The molecule has 0 N–H and O–H groups in total. The first-order valence-electron chi connectivity index (χ1n) is 8.65. The summed E-state index contributed by atoms with van der Waals surface area (Å²) in [6.07, 6.45) is 10.4. The van der Waals surface area contributed by atoms with Gasteiger partial charge in [0, 0.05) is 18.1 Å². The summed E-state index contributed by atoms with van der Waals surface area (Å²) in [6, 6.07) is 0. The van der Waals surface area contributed by atoms with Crippen molar-refractivity contribution in [1.82, 2.24) is 0 Å². The van der Waals surface area contributed by atoms with Gasteiger partial charge in [0.25, 0.3) is 0 Å². The Kier molecular flexibility index (Phi) is 6.24. The molecule has 130 valence electrons. The second-order valence-corrected chi connectivity index (χ2v) is 6.88. The molecule has 3 nitrogen and oxygen atoms in total. The minimum Gasteiger partial charge on any atom is -0.468 e. The first-order chi connectivity index (χ1) is 11.4. The predicted molar refractivity (Wildman–Crippen MR) is 96.6 cm³/mol. The average molecular weight is 328 g/mol. The van der Waals surface area contributed by atoms with Gasteiger partial charge >= 0.3 is 5.97 Å². The number of rotatable bonds is 6. The number of ether oxygens (including phenoxy) is 1. The molecule has 0 bridgehead atoms. The van der Waals surface area contributed by atoms with Gasteiger partial charge in [-0.3, -0.25) is 0 Å². The van der Waals surface area contributed by atoms with Gasteiger partial charge in [0.15, 0.2) is 0 Å². The topological polar surface area (TPSA) is 39.4 Å². The highest BCUT2D eigenvalue weighted by molar-refractivity contribution is 5.81. The summed E-state index contributed by atoms with van der Waals surface area (Å²) in [4.78, 5) is 11.8. The maximum atomic E-state index is 11.8. The summed E-state index contributed by atoms with van der Waals surface area (Å²) in [7, 11) is 0. The number of hydrogen-bond acceptors (Lipinski definition) is 3. The van der Waals surface area contributed by atoms with Crippen molar-refractivity contribution >= 4 is 5.97 Å². The molecule has 0 aliphatic heterocycles. The molecule has 3 heteroatoms. The van der Waals surface area contributed by atoms with Crippen LogP contribution in [0.3, 0.4) is 0 Å². The predicted octanol–water partition coefficient (Wildman–Crippen LogP) is 5.44. The first kappa shape index (κ1) is 18.3. The van der Waals surface area contributed by atoms with Gasteiger partial charge in [-0.2, -0.15) is 0 Å². The number of allylic oxidation sites excluding steroid dienone is 5. The van der Waals surface area contributed by atoms with Gasteiger partial charge in [0.1, 0.15) is 12.4 Å². The van der Waals surface area contributed by atoms with Crippen LogP contribution in [0.4, 0.5) is 0 Å². The van der Waals surface area contributed by atoms with Crippen molar-refractivity contribution in [3.63, 3.8) is 0 Å². The van der Waals surface area contributed by atoms with E-state index < -0.39 is 0 Å². The largest absolute Gasteiger partial charge is 0.468 e. The van der Waals surface area contributed by atoms with Crippen LogP contribution in [0.15, 0.2) is 45.6 Å². The lowest BCUT2D eigenvalue weighted by molar-refractivity contribution is -0.139. The van der Waals surface area contributed by atoms with E-state index in [0.29, 0.717) is 5.92 Å². The van der Waals surface area contributed by atoms with Crippen LogP contribution in [0.25, 0.3) is 0 Å². The van der Waals surface area contributed by atoms with E-state index in [9.17, 15) is 4.79 Å². The fourth-order valence-electron chi connectivity index (χ4n) is 2.78. The van der Waals surface area contributed by atoms with Crippen LogP contribution in [0.5, 0.6) is 0 Å². The Hall–Kier alpha value is -2.03. The number of carbonyl (C=O) groups excluding carboxylic acids is 1. The SMILES string of the molecule is CC1=C(C)C(Cc2occ(C)c2COC(=O)C=CC(C)C)=CCC1. The quantitative estimate of drug-likeness (QED) is 0.515. The van der Waals surface area contributed by atoms with Crippen LogP contribution in [0.1, 0.15) is 57.4 Å². The third kappa shape index (κ3) is 4.73. The Morgan fingerprint density at radius 2 is 2.08 bits per heavy atom. The molecule has 1 aliphatic carbocycles. The molecule has 0 fully saturated rings. The van der Waals surface area contributed by atoms with Gasteiger partial charge in [-0.25, -0.2) is 4.79 Å². The summed E-state index contributed by atoms with van der Waals surface area (Å²) >= 11 is 0. The van der Waals surface area contributed by atoms with E-state index >= 15 is 0 Å². The van der Waals surface area contributed by atoms with Gasteiger partial charge in [0.05, 0.1) is 6.26 Å². The highest BCUT2D eigenvalue weighted by atomic mass is 16.5. The zero-order valence-corrected chi connectivity index (χ0v) is 15.4. The standard InChI is InChI=1S/C21H28O3/c1-14(2)9-10-21(22)24-13-19-16(4)12-23-20(19)11-18-8-6-7-15(3)17(18)5/h8-10,12,14H,6-7,11,13H2,1-5H3. The van der Waals surface area contributed by atoms with Gasteiger partial charge in [0.2, 0.25) is 0 Å². The molecule has 1 heterocycles. The molecular formula is C21H28O3. The second kappa shape index (κ2) is 8.18. The van der Waals surface area contributed by atoms with Crippen molar-refractivity contribution in [2.45, 2.75) is 60.5 Å². The maximum Gasteiger partial charge on any atom is 0.330 e. The van der Waals surface area contributed by atoms with Crippen LogP contribution in [-0.4, -0.2) is 5.97 Å². The van der Waals surface area contributed by atoms with Crippen LogP contribution >= 0.6 is 0 Å². The summed E-state index contributed by atoms with van der Waals surface area (Å²) in [5, 5.41) is 0. The van der Waals surface area contributed by atoms with Crippen molar-refractivity contribution in [1.29, 1.82) is 0 Å². The number of carbonyl (C=O) groups is 1. The Morgan fingerprint density at radius 3 is 2.79 bits per heavy atom. The monoisotopic (exact) mass is 328 g/mol. The van der Waals surface area contributed by atoms with Gasteiger partial charge in [-0.1, -0.05) is 31.6 Å². The van der Waals surface area contributed by atoms with E-state index in [4.69, 9.17) is 9.15 Å². The highest BCUT2D eigenvalue weighted by Gasteiger charge is 2.17. The van der Waals surface area contributed by atoms with Crippen molar-refractivity contribution in [3.8, 4) is 0 Å². The van der Waals surface area contributed by atoms with Crippen molar-refractivity contribution in [2.24, 2.45) is 5.92 Å². The van der Waals surface area contributed by atoms with E-state index in [-0.39, 0.29) is 12.6 Å². The van der Waals surface area contributed by atoms with Gasteiger partial charge in [-0.05, 0) is 56.2 Å². The van der Waals surface area contributed by atoms with Crippen LogP contribution in [-0.2, 0) is 22.6 Å². The zero-order valence-electron chi connectivity index (χ0n) is 15.4. The molecule has 0 atom stereocenters. The van der Waals surface area contributed by atoms with Gasteiger partial charge < -0.3 is 9.15 Å². The smallest absolute Gasteiger partial charge is 0.330 e. The Morgan fingerprint density at radius 1 is 1.33 bits per heavy atom. The molecule has 0 aromatic carbocycles. The Bertz CT molecular complexity index is 684. The Labute approximate surface area is 145 Å². The molecule has 0 radical (unpaired) electrons. The molecule has 2 rings (SSSR count). The van der Waals surface area contributed by atoms with Gasteiger partial charge in [-0.15, -0.1) is 0 Å². The third-order valence-corrected chi connectivity index (χ3v) is 4.55. The molecule has 0 amide bonds. The third-order valence-electron chi connectivity index (χ3n) is 4.55. The lowest BCUT2D eigenvalue weighted by Gasteiger charge is -2.17. The van der Waals surface area contributed by atoms with Crippen LogP contribution < -0.4 is 0 Å². The summed E-state index contributed by atoms with van der Waals surface area (Å²) < 4.78 is 11.1.